The molecule has 3 rings (SSSR count). The number of hydrogen-bond donors (Lipinski definition) is 1. The van der Waals surface area contributed by atoms with Crippen LogP contribution in [0.5, 0.6) is 0 Å². The Morgan fingerprint density at radius 2 is 2.07 bits per heavy atom. The third-order valence-corrected chi connectivity index (χ3v) is 5.47. The van der Waals surface area contributed by atoms with Gasteiger partial charge in [0.15, 0.2) is 0 Å². The molecule has 2 atom stereocenters. The van der Waals surface area contributed by atoms with Crippen molar-refractivity contribution in [3.8, 4) is 0 Å². The van der Waals surface area contributed by atoms with Crippen LogP contribution in [0.1, 0.15) is 44.4 Å². The Morgan fingerprint density at radius 3 is 2.81 bits per heavy atom. The highest BCUT2D eigenvalue weighted by molar-refractivity contribution is 8.00. The van der Waals surface area contributed by atoms with Crippen LogP contribution in [0.25, 0.3) is 0 Å². The zero-order valence-corrected chi connectivity index (χ0v) is 16.4. The van der Waals surface area contributed by atoms with Gasteiger partial charge in [0.05, 0.1) is 11.5 Å². The van der Waals surface area contributed by atoms with E-state index in [1.807, 2.05) is 37.3 Å². The third-order valence-electron chi connectivity index (χ3n) is 4.40. The van der Waals surface area contributed by atoms with Crippen molar-refractivity contribution in [3.05, 3.63) is 54.0 Å². The van der Waals surface area contributed by atoms with Crippen molar-refractivity contribution in [2.75, 3.05) is 5.32 Å². The van der Waals surface area contributed by atoms with E-state index in [1.54, 1.807) is 10.9 Å². The van der Waals surface area contributed by atoms with Crippen LogP contribution in [-0.2, 0) is 11.3 Å². The third kappa shape index (κ3) is 4.77. The largest absolute Gasteiger partial charge is 0.467 e. The second-order valence-corrected chi connectivity index (χ2v) is 7.65. The van der Waals surface area contributed by atoms with E-state index in [0.29, 0.717) is 17.6 Å². The molecular weight excluding hydrogens is 362 g/mol. The first-order chi connectivity index (χ1) is 13.1. The van der Waals surface area contributed by atoms with Gasteiger partial charge in [-0.25, -0.2) is 4.68 Å². The topological polar surface area (TPSA) is 85.8 Å². The molecule has 1 amide bonds. The second kappa shape index (κ2) is 8.85. The smallest absolute Gasteiger partial charge is 0.237 e. The molecule has 1 aromatic carbocycles. The molecule has 7 nitrogen and oxygen atoms in total. The Balaban J connectivity index is 1.66. The van der Waals surface area contributed by atoms with Crippen LogP contribution >= 0.6 is 11.8 Å². The maximum Gasteiger partial charge on any atom is 0.237 e. The number of thioether (sulfide) groups is 1. The SMILES string of the molecule is CCC(C)c1ccccc1NC(=O)C(C)Sc1nnnn1Cc1ccco1. The van der Waals surface area contributed by atoms with E-state index in [0.717, 1.165) is 23.4 Å². The van der Waals surface area contributed by atoms with Gasteiger partial charge in [-0.3, -0.25) is 4.79 Å². The van der Waals surface area contributed by atoms with Crippen molar-refractivity contribution in [1.82, 2.24) is 20.2 Å². The first kappa shape index (κ1) is 19.2. The highest BCUT2D eigenvalue weighted by atomic mass is 32.2. The molecule has 0 aliphatic rings. The molecule has 0 radical (unpaired) electrons. The van der Waals surface area contributed by atoms with Crippen LogP contribution in [0.4, 0.5) is 5.69 Å². The van der Waals surface area contributed by atoms with Gasteiger partial charge >= 0.3 is 0 Å². The molecule has 0 aliphatic heterocycles. The molecule has 2 aromatic heterocycles. The van der Waals surface area contributed by atoms with Gasteiger partial charge in [-0.2, -0.15) is 0 Å². The average Bonchev–Trinajstić information content (AvgIpc) is 3.34. The van der Waals surface area contributed by atoms with E-state index in [1.165, 1.54) is 11.8 Å². The number of nitrogens with zero attached hydrogens (tertiary/aromatic N) is 4. The van der Waals surface area contributed by atoms with E-state index in [4.69, 9.17) is 4.42 Å². The van der Waals surface area contributed by atoms with Crippen LogP contribution in [0.15, 0.2) is 52.2 Å². The van der Waals surface area contributed by atoms with Gasteiger partial charge in [-0.1, -0.05) is 43.8 Å². The molecule has 2 heterocycles. The number of furan rings is 1. The van der Waals surface area contributed by atoms with Gasteiger partial charge < -0.3 is 9.73 Å². The standard InChI is InChI=1S/C19H23N5O2S/c1-4-13(2)16-9-5-6-10-17(16)20-18(25)14(3)27-19-21-22-23-24(19)12-15-8-7-11-26-15/h5-11,13-14H,4,12H2,1-3H3,(H,20,25). The van der Waals surface area contributed by atoms with Crippen LogP contribution in [-0.4, -0.2) is 31.4 Å². The fraction of sp³-hybridized carbons (Fsp3) is 0.368. The van der Waals surface area contributed by atoms with E-state index in [-0.39, 0.29) is 11.2 Å². The number of para-hydroxylation sites is 1. The lowest BCUT2D eigenvalue weighted by atomic mass is 9.97. The van der Waals surface area contributed by atoms with Crippen molar-refractivity contribution in [3.63, 3.8) is 0 Å². The summed E-state index contributed by atoms with van der Waals surface area (Å²) in [5.41, 5.74) is 2.01. The minimum Gasteiger partial charge on any atom is -0.467 e. The molecule has 2 unspecified atom stereocenters. The Hall–Kier alpha value is -2.61. The number of nitrogens with one attached hydrogen (secondary N) is 1. The van der Waals surface area contributed by atoms with Gasteiger partial charge in [-0.05, 0) is 53.5 Å². The summed E-state index contributed by atoms with van der Waals surface area (Å²) in [6.07, 6.45) is 2.62. The summed E-state index contributed by atoms with van der Waals surface area (Å²) >= 11 is 1.32. The summed E-state index contributed by atoms with van der Waals surface area (Å²) in [4.78, 5) is 12.7. The number of carbonyl (C=O) groups excluding carboxylic acids is 1. The van der Waals surface area contributed by atoms with E-state index < -0.39 is 0 Å². The summed E-state index contributed by atoms with van der Waals surface area (Å²) in [6, 6.07) is 11.6. The van der Waals surface area contributed by atoms with Crippen molar-refractivity contribution >= 4 is 23.4 Å². The number of tetrazole rings is 1. The summed E-state index contributed by atoms with van der Waals surface area (Å²) in [6.45, 7) is 6.57. The van der Waals surface area contributed by atoms with Gasteiger partial charge in [0.2, 0.25) is 11.1 Å². The summed E-state index contributed by atoms with van der Waals surface area (Å²) < 4.78 is 6.96. The highest BCUT2D eigenvalue weighted by Gasteiger charge is 2.20. The molecule has 0 aliphatic carbocycles. The number of aromatic nitrogens is 4. The molecule has 0 saturated carbocycles. The minimum atomic E-state index is -0.351. The Morgan fingerprint density at radius 1 is 1.26 bits per heavy atom. The zero-order valence-electron chi connectivity index (χ0n) is 15.6. The van der Waals surface area contributed by atoms with Crippen molar-refractivity contribution in [2.45, 2.75) is 50.1 Å². The molecule has 0 bridgehead atoms. The van der Waals surface area contributed by atoms with Gasteiger partial charge in [0.1, 0.15) is 12.3 Å². The van der Waals surface area contributed by atoms with Crippen molar-refractivity contribution in [2.24, 2.45) is 0 Å². The number of anilines is 1. The first-order valence-electron chi connectivity index (χ1n) is 8.93. The molecule has 3 aromatic rings. The zero-order chi connectivity index (χ0) is 19.2. The summed E-state index contributed by atoms with van der Waals surface area (Å²) in [5, 5.41) is 15.0. The molecule has 0 spiro atoms. The van der Waals surface area contributed by atoms with Crippen molar-refractivity contribution < 1.29 is 9.21 Å². The Bertz CT molecular complexity index is 878. The van der Waals surface area contributed by atoms with Crippen LogP contribution in [0, 0.1) is 0 Å². The molecule has 8 heteroatoms. The lowest BCUT2D eigenvalue weighted by molar-refractivity contribution is -0.115. The Kier molecular flexibility index (Phi) is 6.28. The number of carbonyl (C=O) groups is 1. The number of rotatable bonds is 8. The average molecular weight is 385 g/mol. The van der Waals surface area contributed by atoms with Crippen molar-refractivity contribution in [1.29, 1.82) is 0 Å². The minimum absolute atomic E-state index is 0.0803. The maximum absolute atomic E-state index is 12.7. The fourth-order valence-electron chi connectivity index (χ4n) is 2.64. The van der Waals surface area contributed by atoms with Gasteiger partial charge in [-0.15, -0.1) is 5.10 Å². The molecule has 0 saturated heterocycles. The van der Waals surface area contributed by atoms with E-state index in [2.05, 4.69) is 40.8 Å². The Labute approximate surface area is 162 Å². The highest BCUT2D eigenvalue weighted by Crippen LogP contribution is 2.28. The lowest BCUT2D eigenvalue weighted by Crippen LogP contribution is -2.24. The molecule has 142 valence electrons. The van der Waals surface area contributed by atoms with E-state index in [9.17, 15) is 4.79 Å². The number of benzene rings is 1. The fourth-order valence-corrected chi connectivity index (χ4v) is 3.43. The summed E-state index contributed by atoms with van der Waals surface area (Å²) in [5.74, 6) is 1.05. The number of amides is 1. The monoisotopic (exact) mass is 385 g/mol. The van der Waals surface area contributed by atoms with Gasteiger partial charge in [0.25, 0.3) is 0 Å². The number of hydrogen-bond acceptors (Lipinski definition) is 6. The first-order valence-corrected chi connectivity index (χ1v) is 9.81. The van der Waals surface area contributed by atoms with Crippen LogP contribution < -0.4 is 5.32 Å². The summed E-state index contributed by atoms with van der Waals surface area (Å²) in [7, 11) is 0. The lowest BCUT2D eigenvalue weighted by Gasteiger charge is -2.17. The second-order valence-electron chi connectivity index (χ2n) is 6.34. The van der Waals surface area contributed by atoms with Crippen LogP contribution in [0.2, 0.25) is 0 Å². The van der Waals surface area contributed by atoms with E-state index >= 15 is 0 Å². The van der Waals surface area contributed by atoms with Gasteiger partial charge in [0, 0.05) is 5.69 Å². The quantitative estimate of drug-likeness (QED) is 0.591. The normalized spacial score (nSPS) is 13.3. The molecule has 0 fully saturated rings. The molecule has 1 N–H and O–H groups in total. The predicted molar refractivity (Wildman–Crippen MR) is 105 cm³/mol. The predicted octanol–water partition coefficient (Wildman–Crippen LogP) is 3.95. The molecule has 27 heavy (non-hydrogen) atoms. The maximum atomic E-state index is 12.7. The van der Waals surface area contributed by atoms with Crippen LogP contribution in [0.3, 0.4) is 0 Å². The molecular formula is C19H23N5O2S.